The van der Waals surface area contributed by atoms with Crippen LogP contribution in [0, 0.1) is 11.8 Å². The minimum atomic E-state index is -0.395. The molecule has 18 heavy (non-hydrogen) atoms. The Kier molecular flexibility index (Phi) is 3.37. The summed E-state index contributed by atoms with van der Waals surface area (Å²) in [4.78, 5) is 2.50. The van der Waals surface area contributed by atoms with Crippen molar-refractivity contribution in [1.82, 2.24) is 0 Å². The molecule has 2 aliphatic rings. The molecule has 1 aliphatic carbocycles. The first-order chi connectivity index (χ1) is 8.65. The molecule has 3 atom stereocenters. The number of halogens is 1. The van der Waals surface area contributed by atoms with Gasteiger partial charge in [-0.1, -0.05) is 12.5 Å². The van der Waals surface area contributed by atoms with Crippen molar-refractivity contribution in [3.05, 3.63) is 28.2 Å². The van der Waals surface area contributed by atoms with E-state index in [1.54, 1.807) is 0 Å². The summed E-state index contributed by atoms with van der Waals surface area (Å²) >= 11 is 3.65. The third-order valence-electron chi connectivity index (χ3n) is 4.52. The standard InChI is InChI=1S/C15H20BrNO/c1-10(18)11-5-6-15(14(16)7-11)17-8-12-3-2-4-13(12)9-17/h5-7,10,12-13,18H,2-4,8-9H2,1H3/t10-,12?,13?/m0/s1. The molecule has 1 saturated heterocycles. The second kappa shape index (κ2) is 4.86. The van der Waals surface area contributed by atoms with E-state index in [1.807, 2.05) is 19.1 Å². The molecule has 2 unspecified atom stereocenters. The van der Waals surface area contributed by atoms with Crippen LogP contribution >= 0.6 is 15.9 Å². The predicted octanol–water partition coefficient (Wildman–Crippen LogP) is 3.74. The third kappa shape index (κ3) is 2.19. The zero-order valence-electron chi connectivity index (χ0n) is 10.8. The summed E-state index contributed by atoms with van der Waals surface area (Å²) < 4.78 is 1.11. The fourth-order valence-electron chi connectivity index (χ4n) is 3.47. The van der Waals surface area contributed by atoms with Gasteiger partial charge in [0.05, 0.1) is 11.8 Å². The molecule has 1 aromatic carbocycles. The van der Waals surface area contributed by atoms with Crippen LogP contribution in [0.2, 0.25) is 0 Å². The van der Waals surface area contributed by atoms with Gasteiger partial charge in [0.1, 0.15) is 0 Å². The van der Waals surface area contributed by atoms with E-state index < -0.39 is 6.10 Å². The summed E-state index contributed by atoms with van der Waals surface area (Å²) in [5.74, 6) is 1.82. The van der Waals surface area contributed by atoms with Gasteiger partial charge in [-0.05, 0) is 65.2 Å². The molecule has 1 aromatic rings. The number of aliphatic hydroxyl groups is 1. The van der Waals surface area contributed by atoms with Gasteiger partial charge < -0.3 is 10.0 Å². The van der Waals surface area contributed by atoms with Crippen molar-refractivity contribution in [2.45, 2.75) is 32.3 Å². The summed E-state index contributed by atoms with van der Waals surface area (Å²) in [5.41, 5.74) is 2.26. The quantitative estimate of drug-likeness (QED) is 0.899. The minimum absolute atomic E-state index is 0.395. The molecule has 1 aliphatic heterocycles. The number of benzene rings is 1. The van der Waals surface area contributed by atoms with Gasteiger partial charge >= 0.3 is 0 Å². The van der Waals surface area contributed by atoms with Gasteiger partial charge in [-0.3, -0.25) is 0 Å². The van der Waals surface area contributed by atoms with E-state index in [1.165, 1.54) is 38.0 Å². The van der Waals surface area contributed by atoms with Gasteiger partial charge in [0.25, 0.3) is 0 Å². The third-order valence-corrected chi connectivity index (χ3v) is 5.16. The summed E-state index contributed by atoms with van der Waals surface area (Å²) in [6.45, 7) is 4.22. The van der Waals surface area contributed by atoms with Crippen LogP contribution in [0.15, 0.2) is 22.7 Å². The second-order valence-electron chi connectivity index (χ2n) is 5.74. The van der Waals surface area contributed by atoms with E-state index in [2.05, 4.69) is 26.9 Å². The molecule has 98 valence electrons. The predicted molar refractivity (Wildman–Crippen MR) is 77.8 cm³/mol. The second-order valence-corrected chi connectivity index (χ2v) is 6.60. The fraction of sp³-hybridized carbons (Fsp3) is 0.600. The largest absolute Gasteiger partial charge is 0.389 e. The summed E-state index contributed by atoms with van der Waals surface area (Å²) in [6.07, 6.45) is 3.84. The van der Waals surface area contributed by atoms with Crippen molar-refractivity contribution < 1.29 is 5.11 Å². The lowest BCUT2D eigenvalue weighted by atomic mass is 10.0. The lowest BCUT2D eigenvalue weighted by Crippen LogP contribution is -2.21. The van der Waals surface area contributed by atoms with E-state index in [4.69, 9.17) is 0 Å². The molecular formula is C15H20BrNO. The highest BCUT2D eigenvalue weighted by Crippen LogP contribution is 2.41. The van der Waals surface area contributed by atoms with Gasteiger partial charge in [0.15, 0.2) is 0 Å². The van der Waals surface area contributed by atoms with Crippen LogP contribution in [0.1, 0.15) is 37.9 Å². The average Bonchev–Trinajstić information content (AvgIpc) is 2.88. The molecule has 3 heteroatoms. The number of hydrogen-bond acceptors (Lipinski definition) is 2. The highest BCUT2D eigenvalue weighted by Gasteiger charge is 2.36. The van der Waals surface area contributed by atoms with Crippen LogP contribution in [0.25, 0.3) is 0 Å². The maximum Gasteiger partial charge on any atom is 0.0762 e. The van der Waals surface area contributed by atoms with Crippen LogP contribution in [0.5, 0.6) is 0 Å². The number of rotatable bonds is 2. The van der Waals surface area contributed by atoms with Crippen LogP contribution < -0.4 is 4.90 Å². The number of hydrogen-bond donors (Lipinski definition) is 1. The molecule has 3 rings (SSSR count). The van der Waals surface area contributed by atoms with Gasteiger partial charge in [-0.25, -0.2) is 0 Å². The number of aliphatic hydroxyl groups excluding tert-OH is 1. The summed E-state index contributed by atoms with van der Waals surface area (Å²) in [6, 6.07) is 6.24. The number of nitrogens with zero attached hydrogens (tertiary/aromatic N) is 1. The Bertz CT molecular complexity index is 434. The first-order valence-corrected chi connectivity index (χ1v) is 7.67. The Morgan fingerprint density at radius 1 is 1.28 bits per heavy atom. The monoisotopic (exact) mass is 309 g/mol. The molecule has 0 radical (unpaired) electrons. The molecular weight excluding hydrogens is 290 g/mol. The normalized spacial score (nSPS) is 28.5. The fourth-order valence-corrected chi connectivity index (χ4v) is 4.12. The Morgan fingerprint density at radius 3 is 2.50 bits per heavy atom. The first kappa shape index (κ1) is 12.5. The average molecular weight is 310 g/mol. The molecule has 0 aromatic heterocycles. The molecule has 1 heterocycles. The molecule has 1 saturated carbocycles. The first-order valence-electron chi connectivity index (χ1n) is 6.87. The maximum absolute atomic E-state index is 9.60. The van der Waals surface area contributed by atoms with Gasteiger partial charge in [0, 0.05) is 17.6 Å². The minimum Gasteiger partial charge on any atom is -0.389 e. The Morgan fingerprint density at radius 2 is 1.94 bits per heavy atom. The highest BCUT2D eigenvalue weighted by atomic mass is 79.9. The van der Waals surface area contributed by atoms with Crippen molar-refractivity contribution >= 4 is 21.6 Å². The molecule has 2 fully saturated rings. The van der Waals surface area contributed by atoms with Crippen molar-refractivity contribution in [3.63, 3.8) is 0 Å². The number of anilines is 1. The molecule has 1 N–H and O–H groups in total. The highest BCUT2D eigenvalue weighted by molar-refractivity contribution is 9.10. The van der Waals surface area contributed by atoms with Gasteiger partial charge in [-0.15, -0.1) is 0 Å². The lowest BCUT2D eigenvalue weighted by molar-refractivity contribution is 0.199. The van der Waals surface area contributed by atoms with Crippen LogP contribution in [-0.4, -0.2) is 18.2 Å². The zero-order valence-corrected chi connectivity index (χ0v) is 12.4. The summed E-state index contributed by atoms with van der Waals surface area (Å²) in [5, 5.41) is 9.60. The Hall–Kier alpha value is -0.540. The molecule has 0 bridgehead atoms. The van der Waals surface area contributed by atoms with Crippen LogP contribution in [0.3, 0.4) is 0 Å². The van der Waals surface area contributed by atoms with Gasteiger partial charge in [0.2, 0.25) is 0 Å². The lowest BCUT2D eigenvalue weighted by Gasteiger charge is -2.22. The summed E-state index contributed by atoms with van der Waals surface area (Å²) in [7, 11) is 0. The van der Waals surface area contributed by atoms with E-state index in [0.29, 0.717) is 0 Å². The Labute approximate surface area is 117 Å². The topological polar surface area (TPSA) is 23.5 Å². The van der Waals surface area contributed by atoms with E-state index in [9.17, 15) is 5.11 Å². The van der Waals surface area contributed by atoms with Crippen molar-refractivity contribution in [3.8, 4) is 0 Å². The van der Waals surface area contributed by atoms with E-state index >= 15 is 0 Å². The van der Waals surface area contributed by atoms with Gasteiger partial charge in [-0.2, -0.15) is 0 Å². The van der Waals surface area contributed by atoms with Crippen molar-refractivity contribution in [1.29, 1.82) is 0 Å². The van der Waals surface area contributed by atoms with Crippen molar-refractivity contribution in [2.75, 3.05) is 18.0 Å². The smallest absolute Gasteiger partial charge is 0.0762 e. The van der Waals surface area contributed by atoms with E-state index in [-0.39, 0.29) is 0 Å². The van der Waals surface area contributed by atoms with Crippen LogP contribution in [0.4, 0.5) is 5.69 Å². The van der Waals surface area contributed by atoms with Crippen molar-refractivity contribution in [2.24, 2.45) is 11.8 Å². The SMILES string of the molecule is C[C@H](O)c1ccc(N2CC3CCCC3C2)c(Br)c1. The molecule has 2 nitrogen and oxygen atoms in total. The molecule has 0 spiro atoms. The zero-order chi connectivity index (χ0) is 12.7. The molecule has 0 amide bonds. The maximum atomic E-state index is 9.60. The number of fused-ring (bicyclic) bond motifs is 1. The Balaban J connectivity index is 1.81. The van der Waals surface area contributed by atoms with Crippen LogP contribution in [-0.2, 0) is 0 Å². The van der Waals surface area contributed by atoms with E-state index in [0.717, 1.165) is 21.9 Å².